The highest BCUT2D eigenvalue weighted by atomic mass is 19.2. The number of benzene rings is 1. The Balaban J connectivity index is 2.09. The van der Waals surface area contributed by atoms with Gasteiger partial charge in [0.05, 0.1) is 5.69 Å². The molecule has 9 heteroatoms. The first-order valence-corrected chi connectivity index (χ1v) is 5.05. The quantitative estimate of drug-likeness (QED) is 0.813. The van der Waals surface area contributed by atoms with Crippen molar-refractivity contribution in [1.82, 2.24) is 14.8 Å². The summed E-state index contributed by atoms with van der Waals surface area (Å²) in [5.74, 6) is -4.38. The third-order valence-corrected chi connectivity index (χ3v) is 2.14. The van der Waals surface area contributed by atoms with Gasteiger partial charge in [-0.15, -0.1) is 5.10 Å². The van der Waals surface area contributed by atoms with Crippen LogP contribution in [0.4, 0.5) is 24.8 Å². The Morgan fingerprint density at radius 2 is 1.95 bits per heavy atom. The van der Waals surface area contributed by atoms with E-state index in [0.717, 1.165) is 4.68 Å². The van der Waals surface area contributed by atoms with Crippen LogP contribution in [0.2, 0.25) is 0 Å². The van der Waals surface area contributed by atoms with Gasteiger partial charge in [0, 0.05) is 12.1 Å². The predicted octanol–water partition coefficient (Wildman–Crippen LogP) is 0.916. The number of nitrogens with two attached hydrogens (primary N) is 1. The Morgan fingerprint density at radius 1 is 1.26 bits per heavy atom. The molecule has 2 aromatic rings. The van der Waals surface area contributed by atoms with Crippen LogP contribution in [0.25, 0.3) is 0 Å². The van der Waals surface area contributed by atoms with Crippen LogP contribution in [0.15, 0.2) is 18.5 Å². The Kier molecular flexibility index (Phi) is 3.36. The standard InChI is InChI=1S/C10H8F3N5O/c11-5-1-7(13)8(2-6(5)12)16-9(19)3-18-4-15-10(14)17-18/h1-2,4H,3H2,(H2,14,17)(H,16,19). The predicted molar refractivity (Wildman–Crippen MR) is 59.4 cm³/mol. The van der Waals surface area contributed by atoms with Gasteiger partial charge in [0.2, 0.25) is 11.9 Å². The number of carbonyl (C=O) groups excluding carboxylic acids is 1. The van der Waals surface area contributed by atoms with E-state index in [9.17, 15) is 18.0 Å². The maximum atomic E-state index is 13.3. The zero-order chi connectivity index (χ0) is 14.0. The zero-order valence-electron chi connectivity index (χ0n) is 9.40. The highest BCUT2D eigenvalue weighted by Gasteiger charge is 2.13. The molecule has 19 heavy (non-hydrogen) atoms. The molecule has 6 nitrogen and oxygen atoms in total. The van der Waals surface area contributed by atoms with Crippen molar-refractivity contribution in [2.24, 2.45) is 0 Å². The molecular weight excluding hydrogens is 263 g/mol. The van der Waals surface area contributed by atoms with Gasteiger partial charge < -0.3 is 11.1 Å². The van der Waals surface area contributed by atoms with E-state index in [1.54, 1.807) is 0 Å². The van der Waals surface area contributed by atoms with Crippen molar-refractivity contribution in [3.8, 4) is 0 Å². The van der Waals surface area contributed by atoms with Crippen molar-refractivity contribution in [1.29, 1.82) is 0 Å². The number of nitrogens with one attached hydrogen (secondary N) is 1. The molecule has 0 unspecified atom stereocenters. The molecule has 0 radical (unpaired) electrons. The van der Waals surface area contributed by atoms with E-state index >= 15 is 0 Å². The van der Waals surface area contributed by atoms with Crippen molar-refractivity contribution in [2.75, 3.05) is 11.1 Å². The fraction of sp³-hybridized carbons (Fsp3) is 0.100. The third kappa shape index (κ3) is 3.00. The van der Waals surface area contributed by atoms with Crippen LogP contribution in [0.3, 0.4) is 0 Å². The summed E-state index contributed by atoms with van der Waals surface area (Å²) in [4.78, 5) is 15.1. The molecule has 0 aliphatic heterocycles. The summed E-state index contributed by atoms with van der Waals surface area (Å²) >= 11 is 0. The van der Waals surface area contributed by atoms with Crippen LogP contribution in [0.5, 0.6) is 0 Å². The van der Waals surface area contributed by atoms with E-state index in [2.05, 4.69) is 15.4 Å². The van der Waals surface area contributed by atoms with Gasteiger partial charge in [0.1, 0.15) is 18.7 Å². The molecule has 0 bridgehead atoms. The van der Waals surface area contributed by atoms with E-state index in [4.69, 9.17) is 5.73 Å². The Bertz CT molecular complexity index is 628. The molecule has 1 aromatic heterocycles. The van der Waals surface area contributed by atoms with Crippen molar-refractivity contribution in [3.05, 3.63) is 35.9 Å². The zero-order valence-corrected chi connectivity index (χ0v) is 9.40. The van der Waals surface area contributed by atoms with Crippen LogP contribution in [-0.2, 0) is 11.3 Å². The number of carbonyl (C=O) groups is 1. The van der Waals surface area contributed by atoms with Gasteiger partial charge >= 0.3 is 0 Å². The fourth-order valence-corrected chi connectivity index (χ4v) is 1.34. The lowest BCUT2D eigenvalue weighted by atomic mass is 10.3. The highest BCUT2D eigenvalue weighted by molar-refractivity contribution is 5.90. The number of hydrogen-bond donors (Lipinski definition) is 2. The monoisotopic (exact) mass is 271 g/mol. The number of rotatable bonds is 3. The summed E-state index contributed by atoms with van der Waals surface area (Å²) in [6, 6.07) is 0.899. The van der Waals surface area contributed by atoms with Crippen LogP contribution < -0.4 is 11.1 Å². The first-order chi connectivity index (χ1) is 8.95. The van der Waals surface area contributed by atoms with Crippen LogP contribution in [0, 0.1) is 17.5 Å². The van der Waals surface area contributed by atoms with Crippen LogP contribution in [0.1, 0.15) is 0 Å². The molecule has 0 fully saturated rings. The van der Waals surface area contributed by atoms with E-state index in [0.29, 0.717) is 12.1 Å². The second-order valence-corrected chi connectivity index (χ2v) is 3.59. The summed E-state index contributed by atoms with van der Waals surface area (Å²) in [6.45, 7) is -0.289. The minimum atomic E-state index is -1.33. The Hall–Kier alpha value is -2.58. The molecular formula is C10H8F3N5O. The molecule has 0 saturated heterocycles. The van der Waals surface area contributed by atoms with Gasteiger partial charge in [0.15, 0.2) is 11.6 Å². The van der Waals surface area contributed by atoms with Crippen molar-refractivity contribution in [3.63, 3.8) is 0 Å². The first kappa shape index (κ1) is 12.9. The van der Waals surface area contributed by atoms with E-state index in [-0.39, 0.29) is 12.5 Å². The number of halogens is 3. The lowest BCUT2D eigenvalue weighted by Gasteiger charge is -2.06. The lowest BCUT2D eigenvalue weighted by molar-refractivity contribution is -0.116. The van der Waals surface area contributed by atoms with Gasteiger partial charge in [0.25, 0.3) is 0 Å². The summed E-state index contributed by atoms with van der Waals surface area (Å²) in [6.07, 6.45) is 1.20. The Labute approximate surface area is 105 Å². The molecule has 0 aliphatic carbocycles. The Morgan fingerprint density at radius 3 is 2.58 bits per heavy atom. The van der Waals surface area contributed by atoms with Gasteiger partial charge in [-0.2, -0.15) is 0 Å². The molecule has 2 rings (SSSR count). The minimum absolute atomic E-state index is 0.0215. The SMILES string of the molecule is Nc1ncn(CC(=O)Nc2cc(F)c(F)cc2F)n1. The van der Waals surface area contributed by atoms with Gasteiger partial charge in [-0.3, -0.25) is 4.79 Å². The number of anilines is 2. The van der Waals surface area contributed by atoms with Crippen LogP contribution in [-0.4, -0.2) is 20.7 Å². The number of nitrogen functional groups attached to an aromatic ring is 1. The summed E-state index contributed by atoms with van der Waals surface area (Å²) < 4.78 is 40.0. The van der Waals surface area contributed by atoms with Crippen molar-refractivity contribution in [2.45, 2.75) is 6.54 Å². The summed E-state index contributed by atoms with van der Waals surface area (Å²) in [7, 11) is 0. The second-order valence-electron chi connectivity index (χ2n) is 3.59. The largest absolute Gasteiger partial charge is 0.367 e. The van der Waals surface area contributed by atoms with E-state index in [1.807, 2.05) is 0 Å². The molecule has 1 aromatic carbocycles. The average Bonchev–Trinajstić information content (AvgIpc) is 2.71. The molecule has 0 saturated carbocycles. The highest BCUT2D eigenvalue weighted by Crippen LogP contribution is 2.18. The minimum Gasteiger partial charge on any atom is -0.367 e. The fourth-order valence-electron chi connectivity index (χ4n) is 1.34. The molecule has 0 spiro atoms. The molecule has 1 heterocycles. The van der Waals surface area contributed by atoms with Crippen LogP contribution >= 0.6 is 0 Å². The van der Waals surface area contributed by atoms with Gasteiger partial charge in [-0.05, 0) is 0 Å². The smallest absolute Gasteiger partial charge is 0.246 e. The number of aromatic nitrogens is 3. The number of amides is 1. The maximum absolute atomic E-state index is 13.3. The van der Waals surface area contributed by atoms with E-state index in [1.165, 1.54) is 6.33 Å². The van der Waals surface area contributed by atoms with Gasteiger partial charge in [-0.25, -0.2) is 22.8 Å². The van der Waals surface area contributed by atoms with Crippen molar-refractivity contribution < 1.29 is 18.0 Å². The summed E-state index contributed by atoms with van der Waals surface area (Å²) in [5.41, 5.74) is 4.78. The first-order valence-electron chi connectivity index (χ1n) is 5.05. The number of hydrogen-bond acceptors (Lipinski definition) is 4. The molecule has 100 valence electrons. The summed E-state index contributed by atoms with van der Waals surface area (Å²) in [5, 5.41) is 5.73. The molecule has 0 atom stereocenters. The molecule has 3 N–H and O–H groups in total. The average molecular weight is 271 g/mol. The maximum Gasteiger partial charge on any atom is 0.246 e. The third-order valence-electron chi connectivity index (χ3n) is 2.14. The normalized spacial score (nSPS) is 10.5. The number of nitrogens with zero attached hydrogens (tertiary/aromatic N) is 3. The molecule has 1 amide bonds. The lowest BCUT2D eigenvalue weighted by Crippen LogP contribution is -2.20. The van der Waals surface area contributed by atoms with E-state index < -0.39 is 29.0 Å². The molecule has 0 aliphatic rings. The second kappa shape index (κ2) is 4.96. The van der Waals surface area contributed by atoms with Gasteiger partial charge in [-0.1, -0.05) is 0 Å². The topological polar surface area (TPSA) is 85.8 Å². The van der Waals surface area contributed by atoms with Crippen molar-refractivity contribution >= 4 is 17.5 Å².